The Morgan fingerprint density at radius 2 is 1.42 bits per heavy atom. The minimum absolute atomic E-state index is 1.08. The van der Waals surface area contributed by atoms with Crippen molar-refractivity contribution >= 4 is 23.3 Å². The van der Waals surface area contributed by atoms with Gasteiger partial charge in [0.1, 0.15) is 0 Å². The Labute approximate surface area is 199 Å². The molecular weight excluding hydrogens is 421 g/mol. The molecule has 0 aromatic heterocycles. The van der Waals surface area contributed by atoms with E-state index >= 15 is 0 Å². The van der Waals surface area contributed by atoms with E-state index in [1.165, 1.54) is 24.8 Å². The van der Waals surface area contributed by atoms with Crippen LogP contribution in [0, 0.1) is 29.6 Å². The minimum atomic E-state index is -1.21. The van der Waals surface area contributed by atoms with E-state index < -0.39 is 23.3 Å². The first kappa shape index (κ1) is 24.8. The molecule has 31 heavy (non-hydrogen) atoms. The summed E-state index contributed by atoms with van der Waals surface area (Å²) in [4.78, 5) is 0. The second-order valence-electron chi connectivity index (χ2n) is 15.0. The van der Waals surface area contributed by atoms with Crippen molar-refractivity contribution in [1.82, 2.24) is 0 Å². The van der Waals surface area contributed by atoms with E-state index in [1.54, 1.807) is 57.8 Å². The van der Waals surface area contributed by atoms with Crippen LogP contribution in [-0.4, -0.2) is 23.3 Å². The molecule has 4 fully saturated rings. The van der Waals surface area contributed by atoms with Gasteiger partial charge in [-0.3, -0.25) is 0 Å². The van der Waals surface area contributed by atoms with Gasteiger partial charge < -0.3 is 0 Å². The van der Waals surface area contributed by atoms with E-state index in [4.69, 9.17) is 0 Å². The molecule has 0 aliphatic heterocycles. The molecule has 4 aliphatic carbocycles. The Kier molecular flexibility index (Phi) is 7.21. The monoisotopic (exact) mass is 476 g/mol. The minimum Gasteiger partial charge on any atom is -0.0711 e. The number of rotatable bonds is 7. The predicted molar refractivity (Wildman–Crippen MR) is 148 cm³/mol. The average Bonchev–Trinajstić information content (AvgIpc) is 3.41. The second kappa shape index (κ2) is 9.02. The third-order valence-electron chi connectivity index (χ3n) is 12.2. The predicted octanol–water partition coefficient (Wildman–Crippen LogP) is 9.77. The van der Waals surface area contributed by atoms with Gasteiger partial charge in [0.2, 0.25) is 0 Å². The summed E-state index contributed by atoms with van der Waals surface area (Å²) in [6.45, 7) is 22.2. The van der Waals surface area contributed by atoms with Crippen LogP contribution in [0.25, 0.3) is 0 Å². The van der Waals surface area contributed by atoms with Crippen molar-refractivity contribution in [3.05, 3.63) is 0 Å². The van der Waals surface area contributed by atoms with Crippen molar-refractivity contribution in [2.24, 2.45) is 29.6 Å². The van der Waals surface area contributed by atoms with Crippen LogP contribution in [0.3, 0.4) is 0 Å². The zero-order chi connectivity index (χ0) is 22.6. The fourth-order valence-corrected chi connectivity index (χ4v) is 27.5. The SMILES string of the molecule is CCCCC1CCC([Si](C)(C)[Si](C)(C)C2CCC3C2CC2CCCC2C3[Si](C)(C)C)C1. The van der Waals surface area contributed by atoms with E-state index in [0.29, 0.717) is 0 Å². The maximum Gasteiger partial charge on any atom is 0.0479 e. The van der Waals surface area contributed by atoms with Crippen LogP contribution in [0.4, 0.5) is 0 Å². The van der Waals surface area contributed by atoms with Gasteiger partial charge >= 0.3 is 0 Å². The van der Waals surface area contributed by atoms with Crippen molar-refractivity contribution in [2.45, 2.75) is 146 Å². The Hall–Kier alpha value is 0.651. The molecule has 180 valence electrons. The first-order valence-corrected chi connectivity index (χ1v) is 25.2. The van der Waals surface area contributed by atoms with Crippen LogP contribution < -0.4 is 0 Å². The summed E-state index contributed by atoms with van der Waals surface area (Å²) in [5, 5.41) is 0. The smallest absolute Gasteiger partial charge is 0.0479 e. The zero-order valence-electron chi connectivity index (χ0n) is 22.6. The van der Waals surface area contributed by atoms with Crippen LogP contribution in [0.2, 0.25) is 62.5 Å². The lowest BCUT2D eigenvalue weighted by atomic mass is 9.70. The summed E-state index contributed by atoms with van der Waals surface area (Å²) in [6, 6.07) is 0. The van der Waals surface area contributed by atoms with Crippen molar-refractivity contribution in [2.75, 3.05) is 0 Å². The van der Waals surface area contributed by atoms with Gasteiger partial charge in [-0.2, -0.15) is 0 Å². The van der Waals surface area contributed by atoms with Gasteiger partial charge in [0.05, 0.1) is 0 Å². The molecule has 4 aliphatic rings. The van der Waals surface area contributed by atoms with E-state index in [1.807, 2.05) is 0 Å². The number of unbranched alkanes of at least 4 members (excludes halogenated alkanes) is 1. The number of hydrogen-bond acceptors (Lipinski definition) is 0. The Morgan fingerprint density at radius 1 is 0.677 bits per heavy atom. The molecule has 0 amide bonds. The van der Waals surface area contributed by atoms with Crippen LogP contribution in [0.1, 0.15) is 84.0 Å². The molecule has 0 aromatic rings. The Bertz CT molecular complexity index is 618. The highest BCUT2D eigenvalue weighted by Crippen LogP contribution is 2.66. The molecule has 0 heterocycles. The Morgan fingerprint density at radius 3 is 2.10 bits per heavy atom. The molecule has 0 saturated heterocycles. The number of fused-ring (bicyclic) bond motifs is 2. The molecular formula is C28H56Si3. The van der Waals surface area contributed by atoms with Gasteiger partial charge in [0.15, 0.2) is 0 Å². The highest BCUT2D eigenvalue weighted by molar-refractivity contribution is 7.41. The summed E-state index contributed by atoms with van der Waals surface area (Å²) >= 11 is 0. The fraction of sp³-hybridized carbons (Fsp3) is 1.00. The molecule has 0 N–H and O–H groups in total. The fourth-order valence-electron chi connectivity index (χ4n) is 10.1. The van der Waals surface area contributed by atoms with Gasteiger partial charge in [-0.1, -0.05) is 123 Å². The van der Waals surface area contributed by atoms with Crippen molar-refractivity contribution < 1.29 is 0 Å². The molecule has 0 aromatic carbocycles. The average molecular weight is 477 g/mol. The van der Waals surface area contributed by atoms with Gasteiger partial charge in [-0.15, -0.1) is 0 Å². The quantitative estimate of drug-likeness (QED) is 0.321. The van der Waals surface area contributed by atoms with Crippen LogP contribution in [0.15, 0.2) is 0 Å². The largest absolute Gasteiger partial charge is 0.0711 e. The maximum atomic E-state index is 2.93. The van der Waals surface area contributed by atoms with Crippen LogP contribution in [0.5, 0.6) is 0 Å². The lowest BCUT2D eigenvalue weighted by Crippen LogP contribution is -2.61. The Balaban J connectivity index is 1.53. The lowest BCUT2D eigenvalue weighted by Gasteiger charge is -2.53. The molecule has 0 spiro atoms. The topological polar surface area (TPSA) is 0 Å². The van der Waals surface area contributed by atoms with Crippen molar-refractivity contribution in [3.8, 4) is 0 Å². The second-order valence-corrected chi connectivity index (χ2v) is 36.5. The maximum absolute atomic E-state index is 2.93. The van der Waals surface area contributed by atoms with E-state index in [-0.39, 0.29) is 0 Å². The summed E-state index contributed by atoms with van der Waals surface area (Å²) in [5.74, 6) is 5.62. The molecule has 4 rings (SSSR count). The normalized spacial score (nSPS) is 41.4. The van der Waals surface area contributed by atoms with Crippen LogP contribution in [-0.2, 0) is 0 Å². The molecule has 3 heteroatoms. The standard InChI is InChI=1S/C28H56Si3/c1-9-10-12-21-15-16-23(19-21)30(5,6)31(7,8)27-18-17-25-26(27)20-22-13-11-14-24(22)28(25)29(2,3)4/h21-28H,9-20H2,1-8H3. The first-order valence-electron chi connectivity index (χ1n) is 14.5. The first-order chi connectivity index (χ1) is 14.5. The van der Waals surface area contributed by atoms with E-state index in [9.17, 15) is 0 Å². The van der Waals surface area contributed by atoms with Gasteiger partial charge in [0.25, 0.3) is 0 Å². The third kappa shape index (κ3) is 4.40. The summed E-state index contributed by atoms with van der Waals surface area (Å²) in [6.07, 6.45) is 18.9. The van der Waals surface area contributed by atoms with E-state index in [2.05, 4.69) is 52.8 Å². The van der Waals surface area contributed by atoms with E-state index in [0.717, 1.165) is 40.7 Å². The van der Waals surface area contributed by atoms with Gasteiger partial charge in [0, 0.05) is 23.3 Å². The van der Waals surface area contributed by atoms with Gasteiger partial charge in [-0.25, -0.2) is 0 Å². The molecule has 0 nitrogen and oxygen atoms in total. The number of hydrogen-bond donors (Lipinski definition) is 0. The highest BCUT2D eigenvalue weighted by atomic mass is 29.3. The lowest BCUT2D eigenvalue weighted by molar-refractivity contribution is 0.151. The van der Waals surface area contributed by atoms with Crippen molar-refractivity contribution in [1.29, 1.82) is 0 Å². The molecule has 4 saturated carbocycles. The molecule has 8 unspecified atom stereocenters. The summed E-state index contributed by atoms with van der Waals surface area (Å²) < 4.78 is 0. The van der Waals surface area contributed by atoms with Crippen LogP contribution >= 0.6 is 0 Å². The van der Waals surface area contributed by atoms with Crippen molar-refractivity contribution in [3.63, 3.8) is 0 Å². The highest BCUT2D eigenvalue weighted by Gasteiger charge is 2.60. The zero-order valence-corrected chi connectivity index (χ0v) is 25.6. The molecule has 0 radical (unpaired) electrons. The van der Waals surface area contributed by atoms with Gasteiger partial charge in [-0.05, 0) is 52.6 Å². The molecule has 8 atom stereocenters. The third-order valence-corrected chi connectivity index (χ3v) is 35.8. The molecule has 0 bridgehead atoms. The summed E-state index contributed by atoms with van der Waals surface area (Å²) in [7, 11) is -3.47. The summed E-state index contributed by atoms with van der Waals surface area (Å²) in [5.41, 5.74) is 3.49.